The van der Waals surface area contributed by atoms with Gasteiger partial charge in [0, 0.05) is 24.7 Å². The Morgan fingerprint density at radius 1 is 1.11 bits per heavy atom. The maximum absolute atomic E-state index is 14.2. The van der Waals surface area contributed by atoms with Crippen molar-refractivity contribution in [1.82, 2.24) is 9.97 Å². The van der Waals surface area contributed by atoms with Gasteiger partial charge in [0.2, 0.25) is 0 Å². The Kier molecular flexibility index (Phi) is 6.66. The highest BCUT2D eigenvalue weighted by atomic mass is 35.5. The Bertz CT molecular complexity index is 1450. The zero-order chi connectivity index (χ0) is 25.6. The molecule has 3 fully saturated rings. The lowest BCUT2D eigenvalue weighted by Crippen LogP contribution is -2.35. The number of fused-ring (bicyclic) bond motifs is 2. The Morgan fingerprint density at radius 2 is 1.86 bits per heavy atom. The highest BCUT2D eigenvalue weighted by molar-refractivity contribution is 7.93. The van der Waals surface area contributed by atoms with Crippen molar-refractivity contribution in [2.45, 2.75) is 37.3 Å². The molecule has 0 saturated carbocycles. The summed E-state index contributed by atoms with van der Waals surface area (Å²) in [5.41, 5.74) is 1.57. The molecule has 2 aromatic carbocycles. The van der Waals surface area contributed by atoms with E-state index in [4.69, 9.17) is 30.5 Å². The maximum Gasteiger partial charge on any atom is 0.151 e. The minimum absolute atomic E-state index is 0.165. The standard InChI is InChI=1S/C25H26ClFN4O5S/c1-33-20-11-34-24-21(12-35-23(20)24)36-19-8-14(27)4-5-17(19)30-25-22-16(26)9-15(10-18(22)28-13-29-25)31-37(32)6-2-3-7-37/h4-5,8-10,13,20-21,23-24H,2-3,6-7,11-12H2,1H3,(H,28,29,30)/t20?,21-,23?,24?/m1/s1. The molecule has 3 aliphatic heterocycles. The number of halogens is 2. The molecule has 0 radical (unpaired) electrons. The summed E-state index contributed by atoms with van der Waals surface area (Å²) >= 11 is 6.65. The van der Waals surface area contributed by atoms with Crippen LogP contribution < -0.4 is 10.1 Å². The first kappa shape index (κ1) is 24.7. The fraction of sp³-hybridized carbons (Fsp3) is 0.440. The van der Waals surface area contributed by atoms with Crippen molar-refractivity contribution in [2.24, 2.45) is 4.36 Å². The highest BCUT2D eigenvalue weighted by Crippen LogP contribution is 2.38. The molecular formula is C25H26ClFN4O5S. The minimum Gasteiger partial charge on any atom is -0.483 e. The normalized spacial score (nSPS) is 26.4. The van der Waals surface area contributed by atoms with Crippen LogP contribution in [0, 0.1) is 5.82 Å². The molecule has 6 rings (SSSR count). The monoisotopic (exact) mass is 548 g/mol. The first-order valence-electron chi connectivity index (χ1n) is 12.1. The summed E-state index contributed by atoms with van der Waals surface area (Å²) in [6.07, 6.45) is 2.08. The van der Waals surface area contributed by atoms with Gasteiger partial charge in [-0.05, 0) is 37.1 Å². The zero-order valence-corrected chi connectivity index (χ0v) is 21.6. The van der Waals surface area contributed by atoms with Gasteiger partial charge in [0.05, 0.1) is 50.2 Å². The SMILES string of the molecule is COC1COC2C1OC[C@H]2Oc1cc(F)ccc1Nc1ncnc2cc(N=S3(=O)CCCC3)cc(Cl)c12. The summed E-state index contributed by atoms with van der Waals surface area (Å²) in [5, 5.41) is 4.14. The molecule has 0 aliphatic carbocycles. The second-order valence-corrected chi connectivity index (χ2v) is 12.3. The summed E-state index contributed by atoms with van der Waals surface area (Å²) in [4.78, 5) is 8.72. The number of methoxy groups -OCH3 is 1. The molecule has 196 valence electrons. The van der Waals surface area contributed by atoms with Gasteiger partial charge in [0.15, 0.2) is 6.10 Å². The van der Waals surface area contributed by atoms with Crippen molar-refractivity contribution in [1.29, 1.82) is 0 Å². The third kappa shape index (κ3) is 4.86. The molecule has 1 N–H and O–H groups in total. The Morgan fingerprint density at radius 3 is 2.65 bits per heavy atom. The highest BCUT2D eigenvalue weighted by Gasteiger charge is 2.49. The number of nitrogens with one attached hydrogen (secondary N) is 1. The molecule has 4 atom stereocenters. The van der Waals surface area contributed by atoms with Crippen molar-refractivity contribution < 1.29 is 27.5 Å². The van der Waals surface area contributed by atoms with Gasteiger partial charge in [-0.25, -0.2) is 18.6 Å². The molecule has 0 bridgehead atoms. The fourth-order valence-electron chi connectivity index (χ4n) is 5.04. The summed E-state index contributed by atoms with van der Waals surface area (Å²) in [6.45, 7) is 0.706. The van der Waals surface area contributed by atoms with Gasteiger partial charge < -0.3 is 24.3 Å². The van der Waals surface area contributed by atoms with Crippen molar-refractivity contribution >= 4 is 49.4 Å². The molecule has 37 heavy (non-hydrogen) atoms. The van der Waals surface area contributed by atoms with Crippen LogP contribution >= 0.6 is 11.6 Å². The number of ether oxygens (including phenoxy) is 4. The second kappa shape index (κ2) is 9.95. The van der Waals surface area contributed by atoms with E-state index in [9.17, 15) is 8.60 Å². The molecule has 1 aromatic heterocycles. The van der Waals surface area contributed by atoms with Gasteiger partial charge in [-0.2, -0.15) is 4.36 Å². The van der Waals surface area contributed by atoms with Crippen molar-refractivity contribution in [3.05, 3.63) is 47.5 Å². The average molecular weight is 549 g/mol. The Balaban J connectivity index is 1.30. The van der Waals surface area contributed by atoms with E-state index >= 15 is 0 Å². The number of hydrogen-bond acceptors (Lipinski definition) is 9. The number of rotatable bonds is 6. The van der Waals surface area contributed by atoms with Gasteiger partial charge in [0.1, 0.15) is 42.0 Å². The topological polar surface area (TPSA) is 104 Å². The van der Waals surface area contributed by atoms with Crippen molar-refractivity contribution in [3.8, 4) is 5.75 Å². The third-order valence-electron chi connectivity index (χ3n) is 6.86. The van der Waals surface area contributed by atoms with E-state index in [1.165, 1.54) is 18.5 Å². The molecule has 3 unspecified atom stereocenters. The predicted octanol–water partition coefficient (Wildman–Crippen LogP) is 4.62. The number of hydrogen-bond donors (Lipinski definition) is 1. The Hall–Kier alpha value is -2.57. The molecular weight excluding hydrogens is 523 g/mol. The minimum atomic E-state index is -2.26. The number of anilines is 2. The first-order chi connectivity index (χ1) is 17.9. The summed E-state index contributed by atoms with van der Waals surface area (Å²) in [7, 11) is -0.640. The van der Waals surface area contributed by atoms with Crippen molar-refractivity contribution in [3.63, 3.8) is 0 Å². The molecule has 4 heterocycles. The van der Waals surface area contributed by atoms with Crippen LogP contribution in [0.2, 0.25) is 5.02 Å². The number of nitrogens with zero attached hydrogens (tertiary/aromatic N) is 3. The van der Waals surface area contributed by atoms with E-state index in [0.29, 0.717) is 57.8 Å². The van der Waals surface area contributed by atoms with Gasteiger partial charge in [-0.3, -0.25) is 0 Å². The van der Waals surface area contributed by atoms with Gasteiger partial charge in [-0.15, -0.1) is 0 Å². The molecule has 3 aromatic rings. The smallest absolute Gasteiger partial charge is 0.151 e. The van der Waals surface area contributed by atoms with Crippen LogP contribution in [0.5, 0.6) is 5.75 Å². The van der Waals surface area contributed by atoms with Crippen LogP contribution in [0.1, 0.15) is 12.8 Å². The quantitative estimate of drug-likeness (QED) is 0.476. The van der Waals surface area contributed by atoms with E-state index in [1.807, 2.05) is 0 Å². The van der Waals surface area contributed by atoms with Crippen molar-refractivity contribution in [2.75, 3.05) is 37.1 Å². The van der Waals surface area contributed by atoms with E-state index in [0.717, 1.165) is 12.8 Å². The van der Waals surface area contributed by atoms with E-state index in [-0.39, 0.29) is 24.1 Å². The second-order valence-electron chi connectivity index (χ2n) is 9.32. The molecule has 3 saturated heterocycles. The van der Waals surface area contributed by atoms with E-state index < -0.39 is 21.7 Å². The van der Waals surface area contributed by atoms with E-state index in [2.05, 4.69) is 19.6 Å². The average Bonchev–Trinajstić information content (AvgIpc) is 3.58. The molecule has 0 amide bonds. The van der Waals surface area contributed by atoms with Gasteiger partial charge >= 0.3 is 0 Å². The third-order valence-corrected chi connectivity index (χ3v) is 9.56. The summed E-state index contributed by atoms with van der Waals surface area (Å²) in [6, 6.07) is 7.63. The number of aromatic nitrogens is 2. The molecule has 3 aliphatic rings. The van der Waals surface area contributed by atoms with Crippen LogP contribution in [-0.4, -0.2) is 70.4 Å². The lowest BCUT2D eigenvalue weighted by Gasteiger charge is -2.21. The molecule has 12 heteroatoms. The lowest BCUT2D eigenvalue weighted by atomic mass is 10.1. The summed E-state index contributed by atoms with van der Waals surface area (Å²) < 4.78 is 54.9. The van der Waals surface area contributed by atoms with Crippen LogP contribution in [-0.2, 0) is 23.9 Å². The molecule has 9 nitrogen and oxygen atoms in total. The van der Waals surface area contributed by atoms with Crippen LogP contribution in [0.4, 0.5) is 21.6 Å². The molecule has 0 spiro atoms. The Labute approximate surface area is 218 Å². The van der Waals surface area contributed by atoms with Crippen LogP contribution in [0.15, 0.2) is 41.0 Å². The summed E-state index contributed by atoms with van der Waals surface area (Å²) in [5.74, 6) is 1.44. The largest absolute Gasteiger partial charge is 0.483 e. The van der Waals surface area contributed by atoms with Gasteiger partial charge in [0.25, 0.3) is 0 Å². The predicted molar refractivity (Wildman–Crippen MR) is 138 cm³/mol. The van der Waals surface area contributed by atoms with Crippen LogP contribution in [0.3, 0.4) is 0 Å². The zero-order valence-electron chi connectivity index (χ0n) is 20.1. The number of benzene rings is 2. The lowest BCUT2D eigenvalue weighted by molar-refractivity contribution is -0.0138. The maximum atomic E-state index is 14.2. The fourth-order valence-corrected chi connectivity index (χ4v) is 7.52. The first-order valence-corrected chi connectivity index (χ1v) is 14.3. The van der Waals surface area contributed by atoms with E-state index in [1.54, 1.807) is 25.3 Å². The van der Waals surface area contributed by atoms with Crippen LogP contribution in [0.25, 0.3) is 10.9 Å². The van der Waals surface area contributed by atoms with Gasteiger partial charge in [-0.1, -0.05) is 11.6 Å².